The first-order chi connectivity index (χ1) is 8.76. The molecule has 0 fully saturated rings. The fraction of sp³-hybridized carbons (Fsp3) is 0.600. The largest absolute Gasteiger partial charge is 0.459 e. The van der Waals surface area contributed by atoms with Gasteiger partial charge in [-0.1, -0.05) is 0 Å². The predicted octanol–water partition coefficient (Wildman–Crippen LogP) is 0.171. The van der Waals surface area contributed by atoms with Gasteiger partial charge in [-0.3, -0.25) is 0 Å². The average molecular weight is 253 g/mol. The molecular weight excluding hydrogens is 242 g/mol. The minimum atomic E-state index is -1.04. The Kier molecular flexibility index (Phi) is 9.24. The summed E-state index contributed by atoms with van der Waals surface area (Å²) in [4.78, 5) is 11.4. The van der Waals surface area contributed by atoms with Crippen molar-refractivity contribution in [2.75, 3.05) is 19.8 Å². The highest BCUT2D eigenvalue weighted by atomic mass is 16.6. The van der Waals surface area contributed by atoms with E-state index in [1.165, 1.54) is 18.8 Å². The third-order valence-corrected chi connectivity index (χ3v) is 1.73. The Hall–Kier alpha value is -2.66. The fourth-order valence-electron chi connectivity index (χ4n) is 0.998. The summed E-state index contributed by atoms with van der Waals surface area (Å²) < 4.78 is 18.0. The number of nitriles is 3. The second-order valence-electron chi connectivity index (χ2n) is 2.89. The van der Waals surface area contributed by atoms with Gasteiger partial charge in [0.05, 0.1) is 0 Å². The molecule has 8 nitrogen and oxygen atoms in total. The maximum absolute atomic E-state index is 11.4. The van der Waals surface area contributed by atoms with Crippen LogP contribution in [-0.4, -0.2) is 31.9 Å². The zero-order valence-corrected chi connectivity index (χ0v) is 9.50. The maximum atomic E-state index is 11.4. The summed E-state index contributed by atoms with van der Waals surface area (Å²) in [6.45, 7) is -0.0297. The number of carbonyl (C=O) groups excluding carboxylic acids is 1. The van der Waals surface area contributed by atoms with E-state index in [9.17, 15) is 4.79 Å². The number of hydrogen-bond acceptors (Lipinski definition) is 8. The van der Waals surface area contributed by atoms with E-state index in [0.29, 0.717) is 6.42 Å². The third kappa shape index (κ3) is 7.61. The Bertz CT molecular complexity index is 365. The van der Waals surface area contributed by atoms with Gasteiger partial charge in [0, 0.05) is 0 Å². The van der Waals surface area contributed by atoms with E-state index in [4.69, 9.17) is 20.5 Å². The van der Waals surface area contributed by atoms with Crippen LogP contribution >= 0.6 is 0 Å². The summed E-state index contributed by atoms with van der Waals surface area (Å²) >= 11 is 0. The van der Waals surface area contributed by atoms with E-state index in [1.54, 1.807) is 0 Å². The molecule has 0 aliphatic carbocycles. The molecular formula is C10H11N3O5. The summed E-state index contributed by atoms with van der Waals surface area (Å²) in [5, 5.41) is 24.6. The van der Waals surface area contributed by atoms with Crippen molar-refractivity contribution in [3.05, 3.63) is 0 Å². The van der Waals surface area contributed by atoms with Gasteiger partial charge in [0.2, 0.25) is 6.10 Å². The zero-order valence-electron chi connectivity index (χ0n) is 9.50. The maximum Gasteiger partial charge on any atom is 0.348 e. The zero-order chi connectivity index (χ0) is 13.6. The molecule has 0 amide bonds. The molecule has 0 rings (SSSR count). The predicted molar refractivity (Wildman–Crippen MR) is 53.8 cm³/mol. The molecule has 0 aromatic carbocycles. The van der Waals surface area contributed by atoms with Crippen LogP contribution in [0.5, 0.6) is 0 Å². The molecule has 0 N–H and O–H groups in total. The highest BCUT2D eigenvalue weighted by molar-refractivity contribution is 5.74. The number of hydrogen-bond donors (Lipinski definition) is 0. The average Bonchev–Trinajstić information content (AvgIpc) is 2.38. The molecule has 0 saturated heterocycles. The van der Waals surface area contributed by atoms with Crippen molar-refractivity contribution in [1.29, 1.82) is 15.8 Å². The van der Waals surface area contributed by atoms with Gasteiger partial charge >= 0.3 is 5.97 Å². The second-order valence-corrected chi connectivity index (χ2v) is 2.89. The van der Waals surface area contributed by atoms with Crippen LogP contribution in [-0.2, 0) is 23.7 Å². The van der Waals surface area contributed by atoms with E-state index >= 15 is 0 Å². The van der Waals surface area contributed by atoms with Crippen LogP contribution in [0.2, 0.25) is 0 Å². The van der Waals surface area contributed by atoms with Crippen LogP contribution in [0.25, 0.3) is 0 Å². The molecule has 0 aliphatic heterocycles. The highest BCUT2D eigenvalue weighted by Gasteiger charge is 2.21. The van der Waals surface area contributed by atoms with Crippen molar-refractivity contribution in [2.24, 2.45) is 0 Å². The monoisotopic (exact) mass is 253 g/mol. The van der Waals surface area contributed by atoms with E-state index in [-0.39, 0.29) is 26.2 Å². The molecule has 96 valence electrons. The number of esters is 1. The standard InChI is InChI=1S/C10H11N3O5/c11-6-15-3-1-2-9(18-8-13)10(14)17-5-4-16-7-12/h9H,1-5H2. The lowest BCUT2D eigenvalue weighted by Gasteiger charge is -2.12. The SMILES string of the molecule is N#COCCCC(OC#N)C(=O)OCCOC#N. The molecule has 18 heavy (non-hydrogen) atoms. The van der Waals surface area contributed by atoms with Crippen LogP contribution in [0.3, 0.4) is 0 Å². The molecule has 1 unspecified atom stereocenters. The Morgan fingerprint density at radius 3 is 2.28 bits per heavy atom. The smallest absolute Gasteiger partial charge is 0.348 e. The second kappa shape index (κ2) is 10.8. The lowest BCUT2D eigenvalue weighted by molar-refractivity contribution is -0.154. The van der Waals surface area contributed by atoms with Crippen LogP contribution in [0.4, 0.5) is 0 Å². The van der Waals surface area contributed by atoms with Gasteiger partial charge < -0.3 is 18.9 Å². The third-order valence-electron chi connectivity index (χ3n) is 1.73. The Labute approximate surface area is 104 Å². The minimum absolute atomic E-state index is 0.0565. The minimum Gasteiger partial charge on any atom is -0.459 e. The van der Waals surface area contributed by atoms with E-state index in [1.807, 2.05) is 0 Å². The first-order valence-corrected chi connectivity index (χ1v) is 4.99. The van der Waals surface area contributed by atoms with Gasteiger partial charge in [-0.2, -0.15) is 15.8 Å². The summed E-state index contributed by atoms with van der Waals surface area (Å²) in [6, 6.07) is 0. The van der Waals surface area contributed by atoms with Crippen LogP contribution < -0.4 is 0 Å². The van der Waals surface area contributed by atoms with Crippen molar-refractivity contribution in [1.82, 2.24) is 0 Å². The lowest BCUT2D eigenvalue weighted by atomic mass is 10.2. The topological polar surface area (TPSA) is 125 Å². The van der Waals surface area contributed by atoms with Gasteiger partial charge in [0.15, 0.2) is 0 Å². The molecule has 0 radical (unpaired) electrons. The van der Waals surface area contributed by atoms with E-state index < -0.39 is 12.1 Å². The summed E-state index contributed by atoms with van der Waals surface area (Å²) in [5.41, 5.74) is 0. The summed E-state index contributed by atoms with van der Waals surface area (Å²) in [6.07, 6.45) is 3.82. The van der Waals surface area contributed by atoms with Gasteiger partial charge in [0.25, 0.3) is 18.8 Å². The first kappa shape index (κ1) is 15.3. The van der Waals surface area contributed by atoms with Crippen molar-refractivity contribution in [2.45, 2.75) is 18.9 Å². The van der Waals surface area contributed by atoms with Crippen molar-refractivity contribution >= 4 is 5.97 Å². The van der Waals surface area contributed by atoms with Crippen molar-refractivity contribution in [3.8, 4) is 18.8 Å². The van der Waals surface area contributed by atoms with Gasteiger partial charge in [-0.15, -0.1) is 0 Å². The summed E-state index contributed by atoms with van der Waals surface area (Å²) in [5.74, 6) is -0.727. The van der Waals surface area contributed by atoms with Crippen molar-refractivity contribution < 1.29 is 23.7 Å². The fourth-order valence-corrected chi connectivity index (χ4v) is 0.998. The number of nitrogens with zero attached hydrogens (tertiary/aromatic N) is 3. The van der Waals surface area contributed by atoms with Crippen molar-refractivity contribution in [3.63, 3.8) is 0 Å². The molecule has 0 spiro atoms. The number of carbonyl (C=O) groups is 1. The quantitative estimate of drug-likeness (QED) is 0.323. The molecule has 0 saturated carbocycles. The first-order valence-electron chi connectivity index (χ1n) is 4.99. The molecule has 0 aromatic heterocycles. The molecule has 8 heteroatoms. The normalized spacial score (nSPS) is 10.1. The Balaban J connectivity index is 3.93. The van der Waals surface area contributed by atoms with E-state index in [2.05, 4.69) is 14.2 Å². The molecule has 0 bridgehead atoms. The lowest BCUT2D eigenvalue weighted by Crippen LogP contribution is -2.26. The Morgan fingerprint density at radius 2 is 1.67 bits per heavy atom. The molecule has 0 heterocycles. The number of ether oxygens (including phenoxy) is 4. The number of rotatable bonds is 9. The summed E-state index contributed by atoms with van der Waals surface area (Å²) in [7, 11) is 0. The van der Waals surface area contributed by atoms with Crippen LogP contribution in [0.1, 0.15) is 12.8 Å². The van der Waals surface area contributed by atoms with Crippen LogP contribution in [0.15, 0.2) is 0 Å². The molecule has 0 aliphatic rings. The van der Waals surface area contributed by atoms with Crippen LogP contribution in [0, 0.1) is 34.6 Å². The highest BCUT2D eigenvalue weighted by Crippen LogP contribution is 2.05. The Morgan fingerprint density at radius 1 is 1.00 bits per heavy atom. The van der Waals surface area contributed by atoms with Gasteiger partial charge in [0.1, 0.15) is 19.8 Å². The molecule has 0 aromatic rings. The van der Waals surface area contributed by atoms with Gasteiger partial charge in [-0.25, -0.2) is 4.79 Å². The van der Waals surface area contributed by atoms with E-state index in [0.717, 1.165) is 0 Å². The van der Waals surface area contributed by atoms with Gasteiger partial charge in [-0.05, 0) is 12.8 Å². The molecule has 1 atom stereocenters.